The SMILES string of the molecule is CCC(CC)N(CCO)CC1CC(C(C)(C)C)CCC1N. The van der Waals surface area contributed by atoms with Gasteiger partial charge in [-0.1, -0.05) is 34.6 Å². The molecule has 1 fully saturated rings. The van der Waals surface area contributed by atoms with E-state index in [-0.39, 0.29) is 6.61 Å². The Balaban J connectivity index is 2.71. The smallest absolute Gasteiger partial charge is 0.0558 e. The maximum Gasteiger partial charge on any atom is 0.0558 e. The minimum Gasteiger partial charge on any atom is -0.395 e. The van der Waals surface area contributed by atoms with Crippen LogP contribution in [0.2, 0.25) is 0 Å². The highest BCUT2D eigenvalue weighted by Gasteiger charge is 2.35. The molecule has 0 aliphatic heterocycles. The number of nitrogens with two attached hydrogens (primary N) is 1. The third-order valence-electron chi connectivity index (χ3n) is 5.58. The molecule has 3 atom stereocenters. The van der Waals surface area contributed by atoms with E-state index in [0.29, 0.717) is 23.4 Å². The molecule has 0 amide bonds. The lowest BCUT2D eigenvalue weighted by Gasteiger charge is -2.43. The Morgan fingerprint density at radius 3 is 2.29 bits per heavy atom. The van der Waals surface area contributed by atoms with Gasteiger partial charge in [-0.3, -0.25) is 4.90 Å². The number of rotatable bonds is 7. The van der Waals surface area contributed by atoms with E-state index in [1.165, 1.54) is 12.8 Å². The minimum absolute atomic E-state index is 0.251. The van der Waals surface area contributed by atoms with E-state index in [1.807, 2.05) is 0 Å². The molecule has 0 aromatic rings. The Morgan fingerprint density at radius 1 is 1.19 bits per heavy atom. The van der Waals surface area contributed by atoms with Gasteiger partial charge in [0.2, 0.25) is 0 Å². The fraction of sp³-hybridized carbons (Fsp3) is 1.00. The van der Waals surface area contributed by atoms with Crippen molar-refractivity contribution in [3.63, 3.8) is 0 Å². The van der Waals surface area contributed by atoms with Crippen LogP contribution in [0, 0.1) is 17.3 Å². The number of hydrogen-bond donors (Lipinski definition) is 2. The van der Waals surface area contributed by atoms with E-state index < -0.39 is 0 Å². The van der Waals surface area contributed by atoms with Gasteiger partial charge in [0.1, 0.15) is 0 Å². The number of aliphatic hydroxyl groups is 1. The van der Waals surface area contributed by atoms with Crippen LogP contribution in [-0.2, 0) is 0 Å². The average Bonchev–Trinajstić information content (AvgIpc) is 2.41. The van der Waals surface area contributed by atoms with Crippen LogP contribution in [0.25, 0.3) is 0 Å². The van der Waals surface area contributed by atoms with E-state index in [9.17, 15) is 5.11 Å². The summed E-state index contributed by atoms with van der Waals surface area (Å²) >= 11 is 0. The Morgan fingerprint density at radius 2 is 1.81 bits per heavy atom. The van der Waals surface area contributed by atoms with Crippen molar-refractivity contribution in [1.29, 1.82) is 0 Å². The molecule has 3 N–H and O–H groups in total. The van der Waals surface area contributed by atoms with Crippen LogP contribution in [0.15, 0.2) is 0 Å². The molecule has 3 unspecified atom stereocenters. The molecular weight excluding hydrogens is 260 g/mol. The highest BCUT2D eigenvalue weighted by atomic mass is 16.3. The average molecular weight is 299 g/mol. The summed E-state index contributed by atoms with van der Waals surface area (Å²) < 4.78 is 0. The summed E-state index contributed by atoms with van der Waals surface area (Å²) in [5.41, 5.74) is 6.81. The molecule has 21 heavy (non-hydrogen) atoms. The normalized spacial score (nSPS) is 27.6. The van der Waals surface area contributed by atoms with Crippen molar-refractivity contribution in [1.82, 2.24) is 4.90 Å². The van der Waals surface area contributed by atoms with Crippen molar-refractivity contribution in [2.24, 2.45) is 23.0 Å². The molecule has 0 saturated heterocycles. The van der Waals surface area contributed by atoms with Crippen LogP contribution in [-0.4, -0.2) is 41.8 Å². The number of nitrogens with zero attached hydrogens (tertiary/aromatic N) is 1. The van der Waals surface area contributed by atoms with Crippen molar-refractivity contribution in [2.75, 3.05) is 19.7 Å². The lowest BCUT2D eigenvalue weighted by atomic mass is 9.67. The summed E-state index contributed by atoms with van der Waals surface area (Å²) in [4.78, 5) is 2.48. The molecule has 0 heterocycles. The molecule has 126 valence electrons. The standard InChI is InChI=1S/C18H38N2O/c1-6-16(7-2)20(10-11-21)13-14-12-15(18(3,4)5)8-9-17(14)19/h14-17,21H,6-13,19H2,1-5H3. The second-order valence-corrected chi connectivity index (χ2v) is 7.99. The summed E-state index contributed by atoms with van der Waals surface area (Å²) in [5.74, 6) is 1.36. The van der Waals surface area contributed by atoms with Gasteiger partial charge in [-0.15, -0.1) is 0 Å². The first-order valence-electron chi connectivity index (χ1n) is 8.93. The second kappa shape index (κ2) is 8.50. The summed E-state index contributed by atoms with van der Waals surface area (Å²) in [6.07, 6.45) is 5.98. The maximum absolute atomic E-state index is 9.38. The fourth-order valence-corrected chi connectivity index (χ4v) is 3.94. The predicted octanol–water partition coefficient (Wildman–Crippen LogP) is 3.26. The molecule has 1 saturated carbocycles. The Labute approximate surface area is 132 Å². The topological polar surface area (TPSA) is 49.5 Å². The monoisotopic (exact) mass is 298 g/mol. The Kier molecular flexibility index (Phi) is 7.66. The number of hydrogen-bond acceptors (Lipinski definition) is 3. The van der Waals surface area contributed by atoms with E-state index in [4.69, 9.17) is 5.73 Å². The van der Waals surface area contributed by atoms with Gasteiger partial charge >= 0.3 is 0 Å². The molecule has 0 aromatic carbocycles. The van der Waals surface area contributed by atoms with Gasteiger partial charge in [0.25, 0.3) is 0 Å². The van der Waals surface area contributed by atoms with Crippen LogP contribution in [0.5, 0.6) is 0 Å². The zero-order chi connectivity index (χ0) is 16.0. The van der Waals surface area contributed by atoms with Gasteiger partial charge in [0.15, 0.2) is 0 Å². The van der Waals surface area contributed by atoms with Crippen LogP contribution in [0.1, 0.15) is 66.7 Å². The molecule has 1 aliphatic rings. The lowest BCUT2D eigenvalue weighted by molar-refractivity contribution is 0.0706. The number of aliphatic hydroxyl groups excluding tert-OH is 1. The van der Waals surface area contributed by atoms with E-state index in [0.717, 1.165) is 38.3 Å². The van der Waals surface area contributed by atoms with Crippen molar-refractivity contribution in [3.8, 4) is 0 Å². The van der Waals surface area contributed by atoms with Gasteiger partial charge in [-0.05, 0) is 49.4 Å². The molecule has 1 rings (SSSR count). The first-order valence-corrected chi connectivity index (χ1v) is 8.93. The van der Waals surface area contributed by atoms with Crippen molar-refractivity contribution < 1.29 is 5.11 Å². The maximum atomic E-state index is 9.38. The van der Waals surface area contributed by atoms with Crippen LogP contribution >= 0.6 is 0 Å². The summed E-state index contributed by atoms with van der Waals surface area (Å²) in [5, 5.41) is 9.38. The highest BCUT2D eigenvalue weighted by molar-refractivity contribution is 4.89. The van der Waals surface area contributed by atoms with Crippen molar-refractivity contribution in [2.45, 2.75) is 78.8 Å². The molecule has 0 aromatic heterocycles. The van der Waals surface area contributed by atoms with Gasteiger partial charge in [-0.2, -0.15) is 0 Å². The van der Waals surface area contributed by atoms with Crippen LogP contribution < -0.4 is 5.73 Å². The molecule has 0 radical (unpaired) electrons. The van der Waals surface area contributed by atoms with Gasteiger partial charge in [0.05, 0.1) is 6.61 Å². The molecular formula is C18H38N2O. The summed E-state index contributed by atoms with van der Waals surface area (Å²) in [7, 11) is 0. The van der Waals surface area contributed by atoms with E-state index in [2.05, 4.69) is 39.5 Å². The fourth-order valence-electron chi connectivity index (χ4n) is 3.94. The molecule has 1 aliphatic carbocycles. The highest BCUT2D eigenvalue weighted by Crippen LogP contribution is 2.40. The Bertz CT molecular complexity index is 283. The Hall–Kier alpha value is -0.120. The van der Waals surface area contributed by atoms with E-state index in [1.54, 1.807) is 0 Å². The molecule has 0 bridgehead atoms. The largest absolute Gasteiger partial charge is 0.395 e. The quantitative estimate of drug-likeness (QED) is 0.758. The van der Waals surface area contributed by atoms with Crippen molar-refractivity contribution in [3.05, 3.63) is 0 Å². The van der Waals surface area contributed by atoms with Gasteiger partial charge in [-0.25, -0.2) is 0 Å². The third-order valence-corrected chi connectivity index (χ3v) is 5.58. The van der Waals surface area contributed by atoms with Gasteiger partial charge in [0, 0.05) is 25.2 Å². The molecule has 3 nitrogen and oxygen atoms in total. The lowest BCUT2D eigenvalue weighted by Crippen LogP contribution is -2.48. The minimum atomic E-state index is 0.251. The predicted molar refractivity (Wildman–Crippen MR) is 91.3 cm³/mol. The third kappa shape index (κ3) is 5.54. The first kappa shape index (κ1) is 18.9. The van der Waals surface area contributed by atoms with Crippen molar-refractivity contribution >= 4 is 0 Å². The van der Waals surface area contributed by atoms with E-state index >= 15 is 0 Å². The zero-order valence-corrected chi connectivity index (χ0v) is 14.9. The second-order valence-electron chi connectivity index (χ2n) is 7.99. The van der Waals surface area contributed by atoms with Gasteiger partial charge < -0.3 is 10.8 Å². The molecule has 0 spiro atoms. The molecule has 3 heteroatoms. The summed E-state index contributed by atoms with van der Waals surface area (Å²) in [6, 6.07) is 0.915. The first-order chi connectivity index (χ1) is 9.83. The zero-order valence-electron chi connectivity index (χ0n) is 14.9. The summed E-state index contributed by atoms with van der Waals surface area (Å²) in [6.45, 7) is 13.7. The van der Waals surface area contributed by atoms with Crippen LogP contribution in [0.4, 0.5) is 0 Å². The van der Waals surface area contributed by atoms with Crippen LogP contribution in [0.3, 0.4) is 0 Å².